The van der Waals surface area contributed by atoms with E-state index in [1.807, 2.05) is 20.8 Å². The molecule has 1 amide bonds. The van der Waals surface area contributed by atoms with Crippen molar-refractivity contribution in [2.24, 2.45) is 5.92 Å². The van der Waals surface area contributed by atoms with Gasteiger partial charge >= 0.3 is 0 Å². The molecule has 0 heterocycles. The monoisotopic (exact) mass is 212 g/mol. The van der Waals surface area contributed by atoms with Crippen molar-refractivity contribution in [3.63, 3.8) is 0 Å². The van der Waals surface area contributed by atoms with Crippen molar-refractivity contribution in [3.8, 4) is 0 Å². The van der Waals surface area contributed by atoms with E-state index in [0.29, 0.717) is 12.5 Å². The van der Waals surface area contributed by atoms with Crippen molar-refractivity contribution in [2.45, 2.75) is 40.7 Å². The SMILES string of the molecule is CC(C)=CCNCC(=O)NC(C)C(C)C. The molecular formula is C12H24N2O. The van der Waals surface area contributed by atoms with E-state index in [4.69, 9.17) is 0 Å². The molecule has 0 saturated carbocycles. The minimum Gasteiger partial charge on any atom is -0.352 e. The third kappa shape index (κ3) is 8.18. The van der Waals surface area contributed by atoms with E-state index in [9.17, 15) is 4.79 Å². The Morgan fingerprint density at radius 1 is 1.27 bits per heavy atom. The fourth-order valence-electron chi connectivity index (χ4n) is 0.934. The van der Waals surface area contributed by atoms with Gasteiger partial charge in [-0.2, -0.15) is 0 Å². The summed E-state index contributed by atoms with van der Waals surface area (Å²) in [4.78, 5) is 11.4. The van der Waals surface area contributed by atoms with E-state index in [-0.39, 0.29) is 11.9 Å². The summed E-state index contributed by atoms with van der Waals surface area (Å²) in [6.45, 7) is 11.5. The molecule has 0 bridgehead atoms. The van der Waals surface area contributed by atoms with Crippen LogP contribution in [0, 0.1) is 5.92 Å². The van der Waals surface area contributed by atoms with Crippen LogP contribution < -0.4 is 10.6 Å². The van der Waals surface area contributed by atoms with Crippen molar-refractivity contribution >= 4 is 5.91 Å². The van der Waals surface area contributed by atoms with Crippen LogP contribution in [-0.2, 0) is 4.79 Å². The summed E-state index contributed by atoms with van der Waals surface area (Å²) < 4.78 is 0. The van der Waals surface area contributed by atoms with Crippen LogP contribution >= 0.6 is 0 Å². The first kappa shape index (κ1) is 14.2. The van der Waals surface area contributed by atoms with Crippen LogP contribution in [0.3, 0.4) is 0 Å². The minimum absolute atomic E-state index is 0.0679. The van der Waals surface area contributed by atoms with E-state index < -0.39 is 0 Å². The lowest BCUT2D eigenvalue weighted by molar-refractivity contribution is -0.121. The number of hydrogen-bond acceptors (Lipinski definition) is 2. The van der Waals surface area contributed by atoms with Gasteiger partial charge in [0.1, 0.15) is 0 Å². The van der Waals surface area contributed by atoms with Gasteiger partial charge in [0.25, 0.3) is 0 Å². The Labute approximate surface area is 93.3 Å². The van der Waals surface area contributed by atoms with Gasteiger partial charge < -0.3 is 10.6 Å². The van der Waals surface area contributed by atoms with Crippen molar-refractivity contribution in [1.82, 2.24) is 10.6 Å². The lowest BCUT2D eigenvalue weighted by Crippen LogP contribution is -2.41. The van der Waals surface area contributed by atoms with Crippen LogP contribution in [0.4, 0.5) is 0 Å². The summed E-state index contributed by atoms with van der Waals surface area (Å²) in [5, 5.41) is 6.02. The van der Waals surface area contributed by atoms with E-state index in [0.717, 1.165) is 6.54 Å². The number of carbonyl (C=O) groups is 1. The third-order valence-corrected chi connectivity index (χ3v) is 2.33. The Morgan fingerprint density at radius 3 is 2.33 bits per heavy atom. The first-order chi connectivity index (χ1) is 6.93. The number of allylic oxidation sites excluding steroid dienone is 1. The summed E-state index contributed by atoms with van der Waals surface area (Å²) in [5.41, 5.74) is 1.26. The number of nitrogens with one attached hydrogen (secondary N) is 2. The quantitative estimate of drug-likeness (QED) is 0.520. The molecule has 0 spiro atoms. The highest BCUT2D eigenvalue weighted by Gasteiger charge is 2.09. The molecule has 1 atom stereocenters. The normalized spacial score (nSPS) is 12.4. The molecule has 15 heavy (non-hydrogen) atoms. The summed E-state index contributed by atoms with van der Waals surface area (Å²) in [6.07, 6.45) is 2.07. The largest absolute Gasteiger partial charge is 0.352 e. The highest BCUT2D eigenvalue weighted by molar-refractivity contribution is 5.78. The van der Waals surface area contributed by atoms with Crippen LogP contribution in [0.1, 0.15) is 34.6 Å². The number of hydrogen-bond donors (Lipinski definition) is 2. The fraction of sp³-hybridized carbons (Fsp3) is 0.750. The molecule has 2 N–H and O–H groups in total. The van der Waals surface area contributed by atoms with Gasteiger partial charge in [-0.1, -0.05) is 25.5 Å². The molecule has 0 aliphatic carbocycles. The van der Waals surface area contributed by atoms with Crippen LogP contribution in [-0.4, -0.2) is 25.0 Å². The molecular weight excluding hydrogens is 188 g/mol. The summed E-state index contributed by atoms with van der Waals surface area (Å²) in [5.74, 6) is 0.546. The zero-order chi connectivity index (χ0) is 11.8. The van der Waals surface area contributed by atoms with Crippen molar-refractivity contribution in [2.75, 3.05) is 13.1 Å². The predicted octanol–water partition coefficient (Wildman–Crippen LogP) is 1.70. The lowest BCUT2D eigenvalue weighted by atomic mass is 10.1. The maximum atomic E-state index is 11.4. The first-order valence-electron chi connectivity index (χ1n) is 5.57. The fourth-order valence-corrected chi connectivity index (χ4v) is 0.934. The van der Waals surface area contributed by atoms with E-state index in [1.54, 1.807) is 0 Å². The Morgan fingerprint density at radius 2 is 1.87 bits per heavy atom. The number of rotatable bonds is 6. The third-order valence-electron chi connectivity index (χ3n) is 2.33. The van der Waals surface area contributed by atoms with Gasteiger partial charge in [0.2, 0.25) is 5.91 Å². The summed E-state index contributed by atoms with van der Waals surface area (Å²) in [7, 11) is 0. The molecule has 0 aromatic heterocycles. The van der Waals surface area contributed by atoms with Crippen molar-refractivity contribution < 1.29 is 4.79 Å². The lowest BCUT2D eigenvalue weighted by Gasteiger charge is -2.17. The smallest absolute Gasteiger partial charge is 0.234 e. The number of carbonyl (C=O) groups excluding carboxylic acids is 1. The summed E-state index contributed by atoms with van der Waals surface area (Å²) >= 11 is 0. The molecule has 0 radical (unpaired) electrons. The van der Waals surface area contributed by atoms with Crippen LogP contribution in [0.2, 0.25) is 0 Å². The maximum absolute atomic E-state index is 11.4. The van der Waals surface area contributed by atoms with Crippen LogP contribution in [0.5, 0.6) is 0 Å². The second-order valence-corrected chi connectivity index (χ2v) is 4.51. The second kappa shape index (κ2) is 7.46. The van der Waals surface area contributed by atoms with Gasteiger partial charge in [-0.25, -0.2) is 0 Å². The van der Waals surface area contributed by atoms with Gasteiger partial charge in [0.15, 0.2) is 0 Å². The van der Waals surface area contributed by atoms with Crippen LogP contribution in [0.25, 0.3) is 0 Å². The van der Waals surface area contributed by atoms with Gasteiger partial charge in [0, 0.05) is 12.6 Å². The Balaban J connectivity index is 3.62. The minimum atomic E-state index is 0.0679. The van der Waals surface area contributed by atoms with Gasteiger partial charge in [-0.05, 0) is 26.7 Å². The Kier molecular flexibility index (Phi) is 7.05. The molecule has 3 nitrogen and oxygen atoms in total. The topological polar surface area (TPSA) is 41.1 Å². The maximum Gasteiger partial charge on any atom is 0.234 e. The predicted molar refractivity (Wildman–Crippen MR) is 64.7 cm³/mol. The van der Waals surface area contributed by atoms with E-state index in [2.05, 4.69) is 30.6 Å². The van der Waals surface area contributed by atoms with E-state index >= 15 is 0 Å². The molecule has 0 aromatic rings. The zero-order valence-electron chi connectivity index (χ0n) is 10.6. The molecule has 88 valence electrons. The molecule has 0 aromatic carbocycles. The highest BCUT2D eigenvalue weighted by atomic mass is 16.1. The van der Waals surface area contributed by atoms with Gasteiger partial charge in [-0.3, -0.25) is 4.79 Å². The summed E-state index contributed by atoms with van der Waals surface area (Å²) in [6, 6.07) is 0.239. The Bertz CT molecular complexity index is 218. The van der Waals surface area contributed by atoms with Crippen molar-refractivity contribution in [3.05, 3.63) is 11.6 Å². The molecule has 0 aliphatic heterocycles. The average Bonchev–Trinajstić information content (AvgIpc) is 2.12. The Hall–Kier alpha value is -0.830. The molecule has 0 fully saturated rings. The van der Waals surface area contributed by atoms with Crippen LogP contribution in [0.15, 0.2) is 11.6 Å². The zero-order valence-corrected chi connectivity index (χ0v) is 10.6. The molecule has 1 unspecified atom stereocenters. The first-order valence-corrected chi connectivity index (χ1v) is 5.57. The molecule has 0 aliphatic rings. The second-order valence-electron chi connectivity index (χ2n) is 4.51. The van der Waals surface area contributed by atoms with E-state index in [1.165, 1.54) is 5.57 Å². The average molecular weight is 212 g/mol. The highest BCUT2D eigenvalue weighted by Crippen LogP contribution is 1.98. The van der Waals surface area contributed by atoms with Gasteiger partial charge in [-0.15, -0.1) is 0 Å². The van der Waals surface area contributed by atoms with Crippen molar-refractivity contribution in [1.29, 1.82) is 0 Å². The number of amides is 1. The molecule has 0 saturated heterocycles. The van der Waals surface area contributed by atoms with Gasteiger partial charge in [0.05, 0.1) is 6.54 Å². The standard InChI is InChI=1S/C12H24N2O/c1-9(2)6-7-13-8-12(15)14-11(5)10(3)4/h6,10-11,13H,7-8H2,1-5H3,(H,14,15). The molecule has 0 rings (SSSR count). The molecule has 3 heteroatoms.